The average Bonchev–Trinajstić information content (AvgIpc) is 2.49. The second kappa shape index (κ2) is 6.45. The number of methoxy groups -OCH3 is 1. The Morgan fingerprint density at radius 2 is 1.95 bits per heavy atom. The lowest BCUT2D eigenvalue weighted by atomic mass is 9.84. The second-order valence-corrected chi connectivity index (χ2v) is 5.62. The summed E-state index contributed by atoms with van der Waals surface area (Å²) in [4.78, 5) is 23.5. The molecule has 1 saturated carbocycles. The Labute approximate surface area is 128 Å². The van der Waals surface area contributed by atoms with Crippen LogP contribution in [0.3, 0.4) is 0 Å². The fourth-order valence-corrected chi connectivity index (χ4v) is 2.86. The second-order valence-electron chi connectivity index (χ2n) is 5.21. The Bertz CT molecular complexity index is 553. The first-order valence-electron chi connectivity index (χ1n) is 6.88. The Morgan fingerprint density at radius 3 is 2.52 bits per heavy atom. The number of halogens is 1. The molecule has 0 heterocycles. The van der Waals surface area contributed by atoms with Crippen LogP contribution in [0.15, 0.2) is 18.2 Å². The summed E-state index contributed by atoms with van der Waals surface area (Å²) in [5.74, 6) is -1.36. The molecule has 0 saturated heterocycles. The molecule has 0 aromatic heterocycles. The van der Waals surface area contributed by atoms with Gasteiger partial charge in [-0.2, -0.15) is 0 Å². The van der Waals surface area contributed by atoms with Gasteiger partial charge in [-0.3, -0.25) is 4.79 Å². The zero-order chi connectivity index (χ0) is 15.5. The van der Waals surface area contributed by atoms with Gasteiger partial charge in [-0.1, -0.05) is 30.9 Å². The minimum absolute atomic E-state index is 0.0374. The van der Waals surface area contributed by atoms with Gasteiger partial charge in [0.1, 0.15) is 5.60 Å². The molecule has 2 N–H and O–H groups in total. The largest absolute Gasteiger partial charge is 0.478 e. The van der Waals surface area contributed by atoms with E-state index in [9.17, 15) is 9.59 Å². The van der Waals surface area contributed by atoms with Gasteiger partial charge in [0.2, 0.25) is 0 Å². The van der Waals surface area contributed by atoms with E-state index in [-0.39, 0.29) is 16.5 Å². The lowest BCUT2D eigenvalue weighted by molar-refractivity contribution is -0.141. The molecular formula is C15H18ClNO4. The summed E-state index contributed by atoms with van der Waals surface area (Å²) in [5, 5.41) is 11.9. The SMILES string of the molecule is COC1(C(=O)Nc2ccc(Cl)c(C(=O)O)c2)CCCCC1. The smallest absolute Gasteiger partial charge is 0.337 e. The molecule has 5 nitrogen and oxygen atoms in total. The standard InChI is InChI=1S/C15H18ClNO4/c1-21-15(7-3-2-4-8-15)14(20)17-10-5-6-12(16)11(9-10)13(18)19/h5-6,9H,2-4,7-8H2,1H3,(H,17,20)(H,18,19). The van der Waals surface area contributed by atoms with Crippen molar-refractivity contribution in [2.24, 2.45) is 0 Å². The first-order valence-corrected chi connectivity index (χ1v) is 7.26. The average molecular weight is 312 g/mol. The fraction of sp³-hybridized carbons (Fsp3) is 0.467. The number of aromatic carboxylic acids is 1. The molecule has 21 heavy (non-hydrogen) atoms. The summed E-state index contributed by atoms with van der Waals surface area (Å²) in [6.07, 6.45) is 4.34. The highest BCUT2D eigenvalue weighted by atomic mass is 35.5. The van der Waals surface area contributed by atoms with E-state index in [1.54, 1.807) is 6.07 Å². The zero-order valence-electron chi connectivity index (χ0n) is 11.8. The number of carbonyl (C=O) groups excluding carboxylic acids is 1. The minimum atomic E-state index is -1.13. The topological polar surface area (TPSA) is 75.6 Å². The number of rotatable bonds is 4. The number of ether oxygens (including phenoxy) is 1. The molecule has 1 aliphatic carbocycles. The van der Waals surface area contributed by atoms with Crippen molar-refractivity contribution in [3.05, 3.63) is 28.8 Å². The van der Waals surface area contributed by atoms with Crippen LogP contribution in [0.4, 0.5) is 5.69 Å². The van der Waals surface area contributed by atoms with E-state index < -0.39 is 11.6 Å². The maximum absolute atomic E-state index is 12.5. The van der Waals surface area contributed by atoms with Crippen LogP contribution in [0.5, 0.6) is 0 Å². The number of benzene rings is 1. The van der Waals surface area contributed by atoms with Crippen LogP contribution >= 0.6 is 11.6 Å². The van der Waals surface area contributed by atoms with Gasteiger partial charge in [0.15, 0.2) is 0 Å². The Balaban J connectivity index is 2.19. The predicted molar refractivity (Wildman–Crippen MR) is 79.9 cm³/mol. The molecule has 1 aromatic rings. The maximum atomic E-state index is 12.5. The lowest BCUT2D eigenvalue weighted by Crippen LogP contribution is -2.46. The number of anilines is 1. The van der Waals surface area contributed by atoms with Gasteiger partial charge in [-0.25, -0.2) is 4.79 Å². The van der Waals surface area contributed by atoms with Crippen molar-refractivity contribution in [2.75, 3.05) is 12.4 Å². The van der Waals surface area contributed by atoms with Crippen LogP contribution in [0.2, 0.25) is 5.02 Å². The first kappa shape index (κ1) is 15.8. The third-order valence-electron chi connectivity index (χ3n) is 3.92. The molecule has 0 spiro atoms. The number of nitrogens with one attached hydrogen (secondary N) is 1. The van der Waals surface area contributed by atoms with Gasteiger partial charge >= 0.3 is 5.97 Å². The van der Waals surface area contributed by atoms with Gasteiger partial charge in [0.05, 0.1) is 10.6 Å². The van der Waals surface area contributed by atoms with Crippen LogP contribution in [-0.4, -0.2) is 29.7 Å². The molecule has 2 rings (SSSR count). The summed E-state index contributed by atoms with van der Waals surface area (Å²) >= 11 is 5.81. The Kier molecular flexibility index (Phi) is 4.85. The van der Waals surface area contributed by atoms with Gasteiger partial charge in [0.25, 0.3) is 5.91 Å². The van der Waals surface area contributed by atoms with Crippen molar-refractivity contribution in [1.82, 2.24) is 0 Å². The highest BCUT2D eigenvalue weighted by Crippen LogP contribution is 2.32. The molecule has 0 atom stereocenters. The predicted octanol–water partition coefficient (Wildman–Crippen LogP) is 3.33. The summed E-state index contributed by atoms with van der Waals surface area (Å²) in [5.41, 5.74) is -0.449. The monoisotopic (exact) mass is 311 g/mol. The highest BCUT2D eigenvalue weighted by Gasteiger charge is 2.39. The molecule has 0 aliphatic heterocycles. The van der Waals surface area contributed by atoms with Crippen LogP contribution in [0, 0.1) is 0 Å². The number of hydrogen-bond acceptors (Lipinski definition) is 3. The third-order valence-corrected chi connectivity index (χ3v) is 4.25. The van der Waals surface area contributed by atoms with E-state index in [1.165, 1.54) is 19.2 Å². The van der Waals surface area contributed by atoms with E-state index in [0.717, 1.165) is 19.3 Å². The molecule has 1 fully saturated rings. The fourth-order valence-electron chi connectivity index (χ4n) is 2.66. The normalized spacial score (nSPS) is 17.2. The van der Waals surface area contributed by atoms with Crippen molar-refractivity contribution in [2.45, 2.75) is 37.7 Å². The summed E-state index contributed by atoms with van der Waals surface area (Å²) in [7, 11) is 1.54. The van der Waals surface area contributed by atoms with Crippen LogP contribution < -0.4 is 5.32 Å². The minimum Gasteiger partial charge on any atom is -0.478 e. The lowest BCUT2D eigenvalue weighted by Gasteiger charge is -2.34. The van der Waals surface area contributed by atoms with Crippen molar-refractivity contribution in [3.63, 3.8) is 0 Å². The van der Waals surface area contributed by atoms with E-state index >= 15 is 0 Å². The number of carboxylic acid groups (broad SMARTS) is 1. The van der Waals surface area contributed by atoms with Crippen molar-refractivity contribution >= 4 is 29.2 Å². The van der Waals surface area contributed by atoms with Gasteiger partial charge < -0.3 is 15.2 Å². The summed E-state index contributed by atoms with van der Waals surface area (Å²) in [6, 6.07) is 4.40. The summed E-state index contributed by atoms with van der Waals surface area (Å²) < 4.78 is 5.46. The van der Waals surface area contributed by atoms with Gasteiger partial charge in [0, 0.05) is 12.8 Å². The molecular weight excluding hydrogens is 294 g/mol. The Morgan fingerprint density at radius 1 is 1.29 bits per heavy atom. The molecule has 6 heteroatoms. The molecule has 1 aliphatic rings. The van der Waals surface area contributed by atoms with Crippen molar-refractivity contribution in [1.29, 1.82) is 0 Å². The molecule has 114 valence electrons. The highest BCUT2D eigenvalue weighted by molar-refractivity contribution is 6.33. The molecule has 1 amide bonds. The van der Waals surface area contributed by atoms with Crippen LogP contribution in [0.1, 0.15) is 42.5 Å². The van der Waals surface area contributed by atoms with E-state index in [1.807, 2.05) is 0 Å². The summed E-state index contributed by atoms with van der Waals surface area (Å²) in [6.45, 7) is 0. The quantitative estimate of drug-likeness (QED) is 0.894. The van der Waals surface area contributed by atoms with E-state index in [4.69, 9.17) is 21.4 Å². The Hall–Kier alpha value is -1.59. The third kappa shape index (κ3) is 3.36. The van der Waals surface area contributed by atoms with Crippen molar-refractivity contribution in [3.8, 4) is 0 Å². The number of carbonyl (C=O) groups is 2. The molecule has 0 radical (unpaired) electrons. The van der Waals surface area contributed by atoms with Crippen LogP contribution in [-0.2, 0) is 9.53 Å². The number of hydrogen-bond donors (Lipinski definition) is 2. The van der Waals surface area contributed by atoms with Gasteiger partial charge in [-0.15, -0.1) is 0 Å². The molecule has 0 bridgehead atoms. The maximum Gasteiger partial charge on any atom is 0.337 e. The van der Waals surface area contributed by atoms with Gasteiger partial charge in [-0.05, 0) is 31.0 Å². The van der Waals surface area contributed by atoms with Crippen LogP contribution in [0.25, 0.3) is 0 Å². The van der Waals surface area contributed by atoms with Crippen molar-refractivity contribution < 1.29 is 19.4 Å². The van der Waals surface area contributed by atoms with E-state index in [0.29, 0.717) is 18.5 Å². The number of amides is 1. The number of carboxylic acids is 1. The molecule has 0 unspecified atom stereocenters. The van der Waals surface area contributed by atoms with E-state index in [2.05, 4.69) is 5.32 Å². The molecule has 1 aromatic carbocycles. The zero-order valence-corrected chi connectivity index (χ0v) is 12.6. The first-order chi connectivity index (χ1) is 9.98.